The number of nitrogens with zero attached hydrogens (tertiary/aromatic N) is 2. The van der Waals surface area contributed by atoms with Crippen LogP contribution in [0, 0.1) is 0 Å². The first-order valence-electron chi connectivity index (χ1n) is 7.83. The molecule has 1 unspecified atom stereocenters. The maximum absolute atomic E-state index is 10.0. The molecule has 2 rings (SSSR count). The van der Waals surface area contributed by atoms with Crippen LogP contribution in [-0.2, 0) is 12.0 Å². The molecule has 1 N–H and O–H groups in total. The molecule has 4 nitrogen and oxygen atoms in total. The lowest BCUT2D eigenvalue weighted by Gasteiger charge is -2.25. The zero-order valence-electron chi connectivity index (χ0n) is 13.9. The second-order valence-corrected chi connectivity index (χ2v) is 6.65. The molecule has 0 bridgehead atoms. The summed E-state index contributed by atoms with van der Waals surface area (Å²) in [5.41, 5.74) is 1.01. The molecule has 1 aromatic carbocycles. The molecule has 0 amide bonds. The Morgan fingerprint density at radius 2 is 1.91 bits per heavy atom. The van der Waals surface area contributed by atoms with E-state index in [2.05, 4.69) is 30.7 Å². The van der Waals surface area contributed by atoms with Gasteiger partial charge >= 0.3 is 0 Å². The second-order valence-electron chi connectivity index (χ2n) is 6.65. The van der Waals surface area contributed by atoms with Gasteiger partial charge in [0.15, 0.2) is 0 Å². The lowest BCUT2D eigenvalue weighted by molar-refractivity contribution is 0.174. The summed E-state index contributed by atoms with van der Waals surface area (Å²) < 4.78 is 5.88. The van der Waals surface area contributed by atoms with Gasteiger partial charge in [-0.2, -0.15) is 0 Å². The molecule has 0 saturated carbocycles. The van der Waals surface area contributed by atoms with Crippen molar-refractivity contribution in [2.45, 2.75) is 52.2 Å². The summed E-state index contributed by atoms with van der Waals surface area (Å²) >= 11 is 0. The first kappa shape index (κ1) is 16.6. The third kappa shape index (κ3) is 4.34. The standard InChI is InChI=1S/C18H26N2O2/c1-5-15(21)12-20(14-9-7-6-8-10-14)13-17-19-11-16(22-17)18(2,3)4/h6-11,15,21H,5,12-13H2,1-4H3. The van der Waals surface area contributed by atoms with E-state index in [0.717, 1.165) is 17.9 Å². The van der Waals surface area contributed by atoms with Gasteiger partial charge in [0.2, 0.25) is 5.89 Å². The Hall–Kier alpha value is -1.81. The van der Waals surface area contributed by atoms with Gasteiger partial charge in [-0.15, -0.1) is 0 Å². The van der Waals surface area contributed by atoms with Crippen LogP contribution in [0.2, 0.25) is 0 Å². The van der Waals surface area contributed by atoms with Crippen molar-refractivity contribution in [1.82, 2.24) is 4.98 Å². The minimum atomic E-state index is -0.364. The van der Waals surface area contributed by atoms with Gasteiger partial charge in [0, 0.05) is 17.6 Å². The molecular weight excluding hydrogens is 276 g/mol. The van der Waals surface area contributed by atoms with E-state index in [1.165, 1.54) is 0 Å². The van der Waals surface area contributed by atoms with Crippen LogP contribution in [0.5, 0.6) is 0 Å². The molecule has 1 heterocycles. The van der Waals surface area contributed by atoms with E-state index in [1.807, 2.05) is 37.3 Å². The van der Waals surface area contributed by atoms with Crippen molar-refractivity contribution >= 4 is 5.69 Å². The molecule has 1 atom stereocenters. The lowest BCUT2D eigenvalue weighted by atomic mass is 9.94. The molecule has 1 aromatic heterocycles. The van der Waals surface area contributed by atoms with Crippen molar-refractivity contribution in [3.63, 3.8) is 0 Å². The number of hydrogen-bond donors (Lipinski definition) is 1. The van der Waals surface area contributed by atoms with Gasteiger partial charge < -0.3 is 14.4 Å². The first-order chi connectivity index (χ1) is 10.4. The molecule has 0 aliphatic heterocycles. The molecule has 4 heteroatoms. The summed E-state index contributed by atoms with van der Waals surface area (Å²) in [5.74, 6) is 1.56. The number of benzene rings is 1. The Kier molecular flexibility index (Phi) is 5.24. The molecule has 0 fully saturated rings. The average molecular weight is 302 g/mol. The topological polar surface area (TPSA) is 49.5 Å². The lowest BCUT2D eigenvalue weighted by Crippen LogP contribution is -2.31. The number of aliphatic hydroxyl groups is 1. The van der Waals surface area contributed by atoms with E-state index >= 15 is 0 Å². The van der Waals surface area contributed by atoms with E-state index in [0.29, 0.717) is 19.0 Å². The first-order valence-corrected chi connectivity index (χ1v) is 7.83. The molecule has 0 aliphatic rings. The highest BCUT2D eigenvalue weighted by Gasteiger charge is 2.20. The SMILES string of the molecule is CCC(O)CN(Cc1ncc(C(C)(C)C)o1)c1ccccc1. The molecule has 0 radical (unpaired) electrons. The fourth-order valence-corrected chi connectivity index (χ4v) is 2.18. The van der Waals surface area contributed by atoms with Crippen molar-refractivity contribution < 1.29 is 9.52 Å². The molecule has 0 aliphatic carbocycles. The maximum atomic E-state index is 10.0. The van der Waals surface area contributed by atoms with Crippen molar-refractivity contribution in [3.8, 4) is 0 Å². The molecule has 0 spiro atoms. The summed E-state index contributed by atoms with van der Waals surface area (Å²) in [6, 6.07) is 10.1. The van der Waals surface area contributed by atoms with E-state index in [-0.39, 0.29) is 11.5 Å². The summed E-state index contributed by atoms with van der Waals surface area (Å²) in [6.45, 7) is 9.41. The third-order valence-electron chi connectivity index (χ3n) is 3.64. The summed E-state index contributed by atoms with van der Waals surface area (Å²) in [4.78, 5) is 6.49. The highest BCUT2D eigenvalue weighted by Crippen LogP contribution is 2.24. The van der Waals surface area contributed by atoms with Crippen molar-refractivity contribution in [3.05, 3.63) is 48.2 Å². The van der Waals surface area contributed by atoms with Crippen LogP contribution in [0.25, 0.3) is 0 Å². The predicted octanol–water partition coefficient (Wildman–Crippen LogP) is 3.75. The number of aliphatic hydroxyl groups excluding tert-OH is 1. The monoisotopic (exact) mass is 302 g/mol. The normalized spacial score (nSPS) is 13.1. The number of anilines is 1. The van der Waals surface area contributed by atoms with E-state index in [4.69, 9.17) is 4.42 Å². The zero-order chi connectivity index (χ0) is 16.2. The smallest absolute Gasteiger partial charge is 0.213 e. The fraction of sp³-hybridized carbons (Fsp3) is 0.500. The van der Waals surface area contributed by atoms with E-state index in [1.54, 1.807) is 6.20 Å². The number of oxazole rings is 1. The second kappa shape index (κ2) is 6.97. The van der Waals surface area contributed by atoms with Gasteiger partial charge in [0.05, 0.1) is 18.8 Å². The van der Waals surface area contributed by atoms with Crippen LogP contribution < -0.4 is 4.90 Å². The van der Waals surface area contributed by atoms with Gasteiger partial charge in [0.25, 0.3) is 0 Å². The van der Waals surface area contributed by atoms with Crippen LogP contribution >= 0.6 is 0 Å². The summed E-state index contributed by atoms with van der Waals surface area (Å²) in [7, 11) is 0. The number of rotatable bonds is 6. The molecule has 2 aromatic rings. The minimum Gasteiger partial charge on any atom is -0.443 e. The van der Waals surface area contributed by atoms with Crippen LogP contribution in [0.1, 0.15) is 45.8 Å². The number of hydrogen-bond acceptors (Lipinski definition) is 4. The highest BCUT2D eigenvalue weighted by molar-refractivity contribution is 5.46. The maximum Gasteiger partial charge on any atom is 0.213 e. The Morgan fingerprint density at radius 1 is 1.23 bits per heavy atom. The third-order valence-corrected chi connectivity index (χ3v) is 3.64. The van der Waals surface area contributed by atoms with Crippen LogP contribution in [0.15, 0.2) is 40.9 Å². The van der Waals surface area contributed by atoms with Crippen molar-refractivity contribution in [1.29, 1.82) is 0 Å². The van der Waals surface area contributed by atoms with Gasteiger partial charge in [-0.1, -0.05) is 45.9 Å². The van der Waals surface area contributed by atoms with Crippen LogP contribution in [-0.4, -0.2) is 22.7 Å². The van der Waals surface area contributed by atoms with Crippen molar-refractivity contribution in [2.24, 2.45) is 0 Å². The van der Waals surface area contributed by atoms with Gasteiger partial charge in [-0.3, -0.25) is 0 Å². The molecule has 120 valence electrons. The fourth-order valence-electron chi connectivity index (χ4n) is 2.18. The van der Waals surface area contributed by atoms with Crippen molar-refractivity contribution in [2.75, 3.05) is 11.4 Å². The number of para-hydroxylation sites is 1. The average Bonchev–Trinajstić information content (AvgIpc) is 2.96. The Labute approximate surface area is 132 Å². The number of aromatic nitrogens is 1. The largest absolute Gasteiger partial charge is 0.443 e. The highest BCUT2D eigenvalue weighted by atomic mass is 16.4. The Balaban J connectivity index is 2.17. The summed E-state index contributed by atoms with van der Waals surface area (Å²) in [5, 5.41) is 10.0. The van der Waals surface area contributed by atoms with E-state index in [9.17, 15) is 5.11 Å². The van der Waals surface area contributed by atoms with Crippen LogP contribution in [0.4, 0.5) is 5.69 Å². The molecule has 0 saturated heterocycles. The Morgan fingerprint density at radius 3 is 2.45 bits per heavy atom. The Bertz CT molecular complexity index is 572. The van der Waals surface area contributed by atoms with Gasteiger partial charge in [-0.25, -0.2) is 4.98 Å². The quantitative estimate of drug-likeness (QED) is 0.883. The molecular formula is C18H26N2O2. The zero-order valence-corrected chi connectivity index (χ0v) is 13.9. The van der Waals surface area contributed by atoms with Gasteiger partial charge in [-0.05, 0) is 18.6 Å². The summed E-state index contributed by atoms with van der Waals surface area (Å²) in [6.07, 6.45) is 2.16. The minimum absolute atomic E-state index is 0.0498. The molecule has 22 heavy (non-hydrogen) atoms. The van der Waals surface area contributed by atoms with Gasteiger partial charge in [0.1, 0.15) is 5.76 Å². The predicted molar refractivity (Wildman–Crippen MR) is 89.0 cm³/mol. The van der Waals surface area contributed by atoms with Crippen LogP contribution in [0.3, 0.4) is 0 Å². The van der Waals surface area contributed by atoms with E-state index < -0.39 is 0 Å².